The molecule has 21 heavy (non-hydrogen) atoms. The molecule has 0 atom stereocenters. The zero-order chi connectivity index (χ0) is 15.5. The quantitative estimate of drug-likeness (QED) is 0.796. The van der Waals surface area contributed by atoms with Gasteiger partial charge in [0.2, 0.25) is 0 Å². The van der Waals surface area contributed by atoms with Crippen LogP contribution in [-0.4, -0.2) is 8.42 Å². The van der Waals surface area contributed by atoms with Gasteiger partial charge in [-0.05, 0) is 50.6 Å². The number of benzene rings is 2. The SMILES string of the molecule is CC(C)=Cc1ccc(OS(=O)(=O)c2ccc(C)cc2)cc1. The molecule has 0 unspecified atom stereocenters. The van der Waals surface area contributed by atoms with Crippen LogP contribution in [0.1, 0.15) is 25.0 Å². The molecule has 0 aliphatic heterocycles. The first-order valence-electron chi connectivity index (χ1n) is 6.63. The summed E-state index contributed by atoms with van der Waals surface area (Å²) in [7, 11) is -3.78. The van der Waals surface area contributed by atoms with Crippen LogP contribution in [0.3, 0.4) is 0 Å². The van der Waals surface area contributed by atoms with Gasteiger partial charge in [-0.1, -0.05) is 41.5 Å². The molecule has 0 spiro atoms. The van der Waals surface area contributed by atoms with Crippen molar-refractivity contribution in [2.75, 3.05) is 0 Å². The van der Waals surface area contributed by atoms with Crippen LogP contribution >= 0.6 is 0 Å². The van der Waals surface area contributed by atoms with Crippen LogP contribution in [0.15, 0.2) is 59.0 Å². The lowest BCUT2D eigenvalue weighted by atomic mass is 10.1. The lowest BCUT2D eigenvalue weighted by Crippen LogP contribution is -2.09. The molecule has 0 saturated heterocycles. The van der Waals surface area contributed by atoms with Crippen LogP contribution in [0.25, 0.3) is 6.08 Å². The third kappa shape index (κ3) is 4.20. The minimum absolute atomic E-state index is 0.154. The van der Waals surface area contributed by atoms with Crippen LogP contribution in [0, 0.1) is 6.92 Å². The Kier molecular flexibility index (Phi) is 4.48. The minimum Gasteiger partial charge on any atom is -0.379 e. The van der Waals surface area contributed by atoms with Crippen molar-refractivity contribution in [3.8, 4) is 5.75 Å². The number of hydrogen-bond acceptors (Lipinski definition) is 3. The Morgan fingerprint density at radius 2 is 1.52 bits per heavy atom. The van der Waals surface area contributed by atoms with Gasteiger partial charge in [0.1, 0.15) is 10.6 Å². The zero-order valence-corrected chi connectivity index (χ0v) is 13.1. The number of rotatable bonds is 4. The number of hydrogen-bond donors (Lipinski definition) is 0. The molecule has 0 radical (unpaired) electrons. The van der Waals surface area contributed by atoms with Crippen LogP contribution in [0.2, 0.25) is 0 Å². The van der Waals surface area contributed by atoms with Crippen molar-refractivity contribution < 1.29 is 12.6 Å². The molecule has 110 valence electrons. The topological polar surface area (TPSA) is 43.4 Å². The summed E-state index contributed by atoms with van der Waals surface area (Å²) in [5.74, 6) is 0.307. The normalized spacial score (nSPS) is 11.0. The predicted octanol–water partition coefficient (Wildman–Crippen LogP) is 4.19. The molecular weight excluding hydrogens is 284 g/mol. The summed E-state index contributed by atoms with van der Waals surface area (Å²) in [6, 6.07) is 13.5. The maximum Gasteiger partial charge on any atom is 0.339 e. The van der Waals surface area contributed by atoms with E-state index in [-0.39, 0.29) is 4.90 Å². The van der Waals surface area contributed by atoms with Crippen molar-refractivity contribution in [1.82, 2.24) is 0 Å². The smallest absolute Gasteiger partial charge is 0.339 e. The van der Waals surface area contributed by atoms with E-state index in [0.717, 1.165) is 11.1 Å². The average Bonchev–Trinajstić information content (AvgIpc) is 2.40. The summed E-state index contributed by atoms with van der Waals surface area (Å²) in [5, 5.41) is 0. The summed E-state index contributed by atoms with van der Waals surface area (Å²) in [6.45, 7) is 5.91. The Balaban J connectivity index is 2.20. The van der Waals surface area contributed by atoms with Gasteiger partial charge in [0.15, 0.2) is 0 Å². The second kappa shape index (κ2) is 6.14. The summed E-state index contributed by atoms with van der Waals surface area (Å²) < 4.78 is 29.4. The van der Waals surface area contributed by atoms with Crippen molar-refractivity contribution >= 4 is 16.2 Å². The predicted molar refractivity (Wildman–Crippen MR) is 84.8 cm³/mol. The molecule has 2 aromatic rings. The third-order valence-electron chi connectivity index (χ3n) is 2.85. The first-order chi connectivity index (χ1) is 9.87. The molecule has 2 aromatic carbocycles. The highest BCUT2D eigenvalue weighted by atomic mass is 32.2. The summed E-state index contributed by atoms with van der Waals surface area (Å²) in [5.41, 5.74) is 3.19. The number of allylic oxidation sites excluding steroid dienone is 1. The molecule has 0 aliphatic rings. The maximum atomic E-state index is 12.1. The molecular formula is C17H18O3S. The van der Waals surface area contributed by atoms with Crippen molar-refractivity contribution in [2.45, 2.75) is 25.7 Å². The second-order valence-corrected chi connectivity index (χ2v) is 6.69. The van der Waals surface area contributed by atoms with Gasteiger partial charge in [0.25, 0.3) is 0 Å². The van der Waals surface area contributed by atoms with Crippen molar-refractivity contribution in [3.05, 3.63) is 65.2 Å². The first kappa shape index (κ1) is 15.3. The van der Waals surface area contributed by atoms with Gasteiger partial charge < -0.3 is 4.18 Å². The highest BCUT2D eigenvalue weighted by Crippen LogP contribution is 2.20. The second-order valence-electron chi connectivity index (χ2n) is 5.14. The Labute approximate surface area is 126 Å². The Morgan fingerprint density at radius 3 is 2.05 bits per heavy atom. The molecule has 4 heteroatoms. The highest BCUT2D eigenvalue weighted by Gasteiger charge is 2.16. The fourth-order valence-electron chi connectivity index (χ4n) is 1.83. The third-order valence-corrected chi connectivity index (χ3v) is 4.11. The van der Waals surface area contributed by atoms with Gasteiger partial charge in [-0.15, -0.1) is 0 Å². The van der Waals surface area contributed by atoms with Gasteiger partial charge in [0.05, 0.1) is 0 Å². The Bertz CT molecular complexity index is 736. The maximum absolute atomic E-state index is 12.1. The molecule has 3 nitrogen and oxygen atoms in total. The van der Waals surface area contributed by atoms with Gasteiger partial charge >= 0.3 is 10.1 Å². The molecule has 0 saturated carbocycles. The Hall–Kier alpha value is -2.07. The van der Waals surface area contributed by atoms with E-state index in [1.807, 2.05) is 39.0 Å². The molecule has 0 aromatic heterocycles. The van der Waals surface area contributed by atoms with E-state index in [9.17, 15) is 8.42 Å². The Morgan fingerprint density at radius 1 is 0.952 bits per heavy atom. The standard InChI is InChI=1S/C17H18O3S/c1-13(2)12-15-6-8-16(9-7-15)20-21(18,19)17-10-4-14(3)5-11-17/h4-12H,1-3H3. The van der Waals surface area contributed by atoms with Gasteiger partial charge in [-0.2, -0.15) is 8.42 Å². The average molecular weight is 302 g/mol. The molecule has 0 amide bonds. The van der Waals surface area contributed by atoms with E-state index in [1.165, 1.54) is 5.57 Å². The minimum atomic E-state index is -3.78. The van der Waals surface area contributed by atoms with E-state index in [0.29, 0.717) is 5.75 Å². The van der Waals surface area contributed by atoms with Gasteiger partial charge in [0, 0.05) is 0 Å². The molecule has 0 heterocycles. The van der Waals surface area contributed by atoms with E-state index in [2.05, 4.69) is 0 Å². The van der Waals surface area contributed by atoms with E-state index in [4.69, 9.17) is 4.18 Å². The molecule has 0 aliphatic carbocycles. The first-order valence-corrected chi connectivity index (χ1v) is 8.04. The lowest BCUT2D eigenvalue weighted by Gasteiger charge is -2.07. The highest BCUT2D eigenvalue weighted by molar-refractivity contribution is 7.87. The van der Waals surface area contributed by atoms with E-state index >= 15 is 0 Å². The monoisotopic (exact) mass is 302 g/mol. The van der Waals surface area contributed by atoms with E-state index in [1.54, 1.807) is 36.4 Å². The van der Waals surface area contributed by atoms with Crippen molar-refractivity contribution in [3.63, 3.8) is 0 Å². The van der Waals surface area contributed by atoms with Crippen LogP contribution < -0.4 is 4.18 Å². The van der Waals surface area contributed by atoms with Crippen LogP contribution in [0.5, 0.6) is 5.75 Å². The fraction of sp³-hybridized carbons (Fsp3) is 0.176. The molecule has 0 N–H and O–H groups in total. The molecule has 0 fully saturated rings. The van der Waals surface area contributed by atoms with Crippen molar-refractivity contribution in [2.24, 2.45) is 0 Å². The zero-order valence-electron chi connectivity index (χ0n) is 12.3. The van der Waals surface area contributed by atoms with Crippen LogP contribution in [0.4, 0.5) is 0 Å². The summed E-state index contributed by atoms with van der Waals surface area (Å²) >= 11 is 0. The number of aryl methyl sites for hydroxylation is 1. The molecule has 0 bridgehead atoms. The van der Waals surface area contributed by atoms with Crippen molar-refractivity contribution in [1.29, 1.82) is 0 Å². The van der Waals surface area contributed by atoms with Gasteiger partial charge in [-0.25, -0.2) is 0 Å². The summed E-state index contributed by atoms with van der Waals surface area (Å²) in [4.78, 5) is 0.154. The molecule has 2 rings (SSSR count). The van der Waals surface area contributed by atoms with Gasteiger partial charge in [-0.3, -0.25) is 0 Å². The lowest BCUT2D eigenvalue weighted by molar-refractivity contribution is 0.486. The van der Waals surface area contributed by atoms with Crippen LogP contribution in [-0.2, 0) is 10.1 Å². The summed E-state index contributed by atoms with van der Waals surface area (Å²) in [6.07, 6.45) is 2.01. The largest absolute Gasteiger partial charge is 0.379 e. The van der Waals surface area contributed by atoms with E-state index < -0.39 is 10.1 Å². The fourth-order valence-corrected chi connectivity index (χ4v) is 2.76.